The highest BCUT2D eigenvalue weighted by molar-refractivity contribution is 5.68. The average molecular weight is 208 g/mol. The van der Waals surface area contributed by atoms with E-state index in [0.717, 1.165) is 11.4 Å². The van der Waals surface area contributed by atoms with Crippen LogP contribution in [-0.2, 0) is 9.47 Å². The van der Waals surface area contributed by atoms with Gasteiger partial charge in [-0.25, -0.2) is 0 Å². The van der Waals surface area contributed by atoms with Gasteiger partial charge in [-0.15, -0.1) is 0 Å². The smallest absolute Gasteiger partial charge is 0.203 e. The Labute approximate surface area is 89.6 Å². The Hall–Kier alpha value is -1.26. The van der Waals surface area contributed by atoms with E-state index in [0.29, 0.717) is 13.1 Å². The second kappa shape index (κ2) is 3.72. The van der Waals surface area contributed by atoms with Gasteiger partial charge in [-0.2, -0.15) is 0 Å². The lowest BCUT2D eigenvalue weighted by atomic mass is 10.1. The molecule has 2 rings (SSSR count). The minimum atomic E-state index is -0.456. The number of nitrogens with zero attached hydrogens (tertiary/aromatic N) is 1. The minimum Gasteiger partial charge on any atom is -0.397 e. The van der Waals surface area contributed by atoms with Crippen LogP contribution < -0.4 is 10.6 Å². The van der Waals surface area contributed by atoms with Crippen LogP contribution in [0.3, 0.4) is 0 Å². The van der Waals surface area contributed by atoms with E-state index >= 15 is 0 Å². The fourth-order valence-electron chi connectivity index (χ4n) is 1.82. The Morgan fingerprint density at radius 2 is 1.80 bits per heavy atom. The predicted octanol–water partition coefficient (Wildman–Crippen LogP) is 1.08. The number of para-hydroxylation sites is 2. The molecule has 0 bridgehead atoms. The van der Waals surface area contributed by atoms with Crippen molar-refractivity contribution in [3.05, 3.63) is 24.3 Å². The van der Waals surface area contributed by atoms with Crippen LogP contribution in [0, 0.1) is 0 Å². The lowest BCUT2D eigenvalue weighted by Crippen LogP contribution is -2.64. The summed E-state index contributed by atoms with van der Waals surface area (Å²) in [7, 11) is 3.32. The van der Waals surface area contributed by atoms with Crippen molar-refractivity contribution in [2.75, 3.05) is 37.9 Å². The molecule has 4 heteroatoms. The molecular formula is C11H16N2O2. The van der Waals surface area contributed by atoms with Crippen molar-refractivity contribution in [1.82, 2.24) is 0 Å². The summed E-state index contributed by atoms with van der Waals surface area (Å²) in [5, 5.41) is 0. The standard InChI is InChI=1S/C11H16N2O2/c1-14-11(15-2)7-13(8-11)10-6-4-3-5-9(10)12/h3-6H,7-8,12H2,1-2H3. The Balaban J connectivity index is 2.09. The fraction of sp³-hybridized carbons (Fsp3) is 0.455. The Bertz CT molecular complexity index is 342. The van der Waals surface area contributed by atoms with Crippen LogP contribution in [-0.4, -0.2) is 33.1 Å². The van der Waals surface area contributed by atoms with Gasteiger partial charge in [-0.3, -0.25) is 0 Å². The summed E-state index contributed by atoms with van der Waals surface area (Å²) in [6, 6.07) is 7.81. The Morgan fingerprint density at radius 1 is 1.20 bits per heavy atom. The number of nitrogen functional groups attached to an aromatic ring is 1. The molecule has 0 unspecified atom stereocenters. The first-order chi connectivity index (χ1) is 7.21. The normalized spacial score (nSPS) is 18.7. The molecule has 0 amide bonds. The SMILES string of the molecule is COC1(OC)CN(c2ccccc2N)C1. The summed E-state index contributed by atoms with van der Waals surface area (Å²) < 4.78 is 10.6. The molecule has 1 fully saturated rings. The van der Waals surface area contributed by atoms with Crippen LogP contribution in [0.2, 0.25) is 0 Å². The van der Waals surface area contributed by atoms with Crippen LogP contribution in [0.25, 0.3) is 0 Å². The van der Waals surface area contributed by atoms with Crippen LogP contribution >= 0.6 is 0 Å². The molecule has 1 saturated heterocycles. The molecule has 1 aliphatic heterocycles. The summed E-state index contributed by atoms with van der Waals surface area (Å²) in [5.74, 6) is -0.456. The maximum atomic E-state index is 5.88. The molecule has 2 N–H and O–H groups in total. The Kier molecular flexibility index (Phi) is 2.54. The van der Waals surface area contributed by atoms with Gasteiger partial charge < -0.3 is 20.1 Å². The molecule has 82 valence electrons. The minimum absolute atomic E-state index is 0.456. The zero-order chi connectivity index (χ0) is 10.9. The third kappa shape index (κ3) is 1.66. The molecule has 0 aliphatic carbocycles. The van der Waals surface area contributed by atoms with Gasteiger partial charge in [0.05, 0.1) is 24.5 Å². The number of ether oxygens (including phenoxy) is 2. The number of hydrogen-bond acceptors (Lipinski definition) is 4. The van der Waals surface area contributed by atoms with Crippen LogP contribution in [0.15, 0.2) is 24.3 Å². The van der Waals surface area contributed by atoms with Crippen LogP contribution in [0.5, 0.6) is 0 Å². The van der Waals surface area contributed by atoms with Gasteiger partial charge in [0.2, 0.25) is 5.79 Å². The topological polar surface area (TPSA) is 47.7 Å². The number of nitrogens with two attached hydrogens (primary N) is 1. The largest absolute Gasteiger partial charge is 0.397 e. The quantitative estimate of drug-likeness (QED) is 0.596. The van der Waals surface area contributed by atoms with E-state index in [9.17, 15) is 0 Å². The molecule has 1 heterocycles. The molecule has 0 spiro atoms. The van der Waals surface area contributed by atoms with E-state index in [4.69, 9.17) is 15.2 Å². The highest BCUT2D eigenvalue weighted by Gasteiger charge is 2.44. The first-order valence-corrected chi connectivity index (χ1v) is 4.90. The molecular weight excluding hydrogens is 192 g/mol. The van der Waals surface area contributed by atoms with E-state index in [-0.39, 0.29) is 0 Å². The van der Waals surface area contributed by atoms with Gasteiger partial charge in [0.25, 0.3) is 0 Å². The highest BCUT2D eigenvalue weighted by atomic mass is 16.7. The molecule has 1 aliphatic rings. The summed E-state index contributed by atoms with van der Waals surface area (Å²) in [6.45, 7) is 1.43. The van der Waals surface area contributed by atoms with Crippen molar-refractivity contribution in [2.45, 2.75) is 5.79 Å². The second-order valence-corrected chi connectivity index (χ2v) is 3.73. The van der Waals surface area contributed by atoms with Crippen molar-refractivity contribution in [3.8, 4) is 0 Å². The average Bonchev–Trinajstić information content (AvgIpc) is 2.20. The molecule has 0 radical (unpaired) electrons. The molecule has 0 saturated carbocycles. The van der Waals surface area contributed by atoms with Gasteiger partial charge in [0.1, 0.15) is 0 Å². The number of hydrogen-bond donors (Lipinski definition) is 1. The maximum absolute atomic E-state index is 5.88. The van der Waals surface area contributed by atoms with Crippen molar-refractivity contribution < 1.29 is 9.47 Å². The summed E-state index contributed by atoms with van der Waals surface area (Å²) in [4.78, 5) is 2.14. The lowest BCUT2D eigenvalue weighted by molar-refractivity contribution is -0.219. The van der Waals surface area contributed by atoms with E-state index in [1.54, 1.807) is 14.2 Å². The zero-order valence-electron chi connectivity index (χ0n) is 9.06. The van der Waals surface area contributed by atoms with E-state index in [2.05, 4.69) is 4.90 Å². The third-order valence-electron chi connectivity index (χ3n) is 2.88. The Morgan fingerprint density at radius 3 is 2.33 bits per heavy atom. The molecule has 4 nitrogen and oxygen atoms in total. The van der Waals surface area contributed by atoms with Crippen molar-refractivity contribution in [3.63, 3.8) is 0 Å². The van der Waals surface area contributed by atoms with E-state index in [1.165, 1.54) is 0 Å². The summed E-state index contributed by atoms with van der Waals surface area (Å²) >= 11 is 0. The molecule has 0 aromatic heterocycles. The van der Waals surface area contributed by atoms with Crippen LogP contribution in [0.4, 0.5) is 11.4 Å². The molecule has 1 aromatic rings. The van der Waals surface area contributed by atoms with Crippen molar-refractivity contribution >= 4 is 11.4 Å². The van der Waals surface area contributed by atoms with Gasteiger partial charge in [0.15, 0.2) is 0 Å². The van der Waals surface area contributed by atoms with E-state index in [1.807, 2.05) is 24.3 Å². The van der Waals surface area contributed by atoms with Crippen molar-refractivity contribution in [1.29, 1.82) is 0 Å². The number of benzene rings is 1. The monoisotopic (exact) mass is 208 g/mol. The summed E-state index contributed by atoms with van der Waals surface area (Å²) in [5.41, 5.74) is 7.71. The first kappa shape index (κ1) is 10.3. The lowest BCUT2D eigenvalue weighted by Gasteiger charge is -2.49. The summed E-state index contributed by atoms with van der Waals surface area (Å²) in [6.07, 6.45) is 0. The first-order valence-electron chi connectivity index (χ1n) is 4.90. The number of rotatable bonds is 3. The van der Waals surface area contributed by atoms with Gasteiger partial charge in [-0.1, -0.05) is 12.1 Å². The van der Waals surface area contributed by atoms with Crippen molar-refractivity contribution in [2.24, 2.45) is 0 Å². The predicted molar refractivity (Wildman–Crippen MR) is 59.8 cm³/mol. The number of anilines is 2. The van der Waals surface area contributed by atoms with Crippen LogP contribution in [0.1, 0.15) is 0 Å². The van der Waals surface area contributed by atoms with Gasteiger partial charge in [0, 0.05) is 14.2 Å². The zero-order valence-corrected chi connectivity index (χ0v) is 9.06. The van der Waals surface area contributed by atoms with E-state index < -0.39 is 5.79 Å². The third-order valence-corrected chi connectivity index (χ3v) is 2.88. The highest BCUT2D eigenvalue weighted by Crippen LogP contribution is 2.33. The molecule has 15 heavy (non-hydrogen) atoms. The fourth-order valence-corrected chi connectivity index (χ4v) is 1.82. The van der Waals surface area contributed by atoms with Gasteiger partial charge >= 0.3 is 0 Å². The maximum Gasteiger partial charge on any atom is 0.203 e. The second-order valence-electron chi connectivity index (χ2n) is 3.73. The van der Waals surface area contributed by atoms with Gasteiger partial charge in [-0.05, 0) is 12.1 Å². The molecule has 1 aromatic carbocycles. The number of methoxy groups -OCH3 is 2. The molecule has 0 atom stereocenters.